The van der Waals surface area contributed by atoms with Gasteiger partial charge in [-0.25, -0.2) is 8.78 Å². The fourth-order valence-corrected chi connectivity index (χ4v) is 2.12. The van der Waals surface area contributed by atoms with Crippen molar-refractivity contribution in [2.75, 3.05) is 19.6 Å². The molecule has 0 saturated carbocycles. The van der Waals surface area contributed by atoms with Crippen molar-refractivity contribution in [2.24, 2.45) is 5.92 Å². The molecule has 1 saturated heterocycles. The first-order valence-electron chi connectivity index (χ1n) is 6.10. The number of halogens is 2. The number of carbonyl (C=O) groups excluding carboxylic acids is 1. The molecule has 18 heavy (non-hydrogen) atoms. The molecule has 1 aliphatic rings. The lowest BCUT2D eigenvalue weighted by molar-refractivity contribution is 0.0944. The summed E-state index contributed by atoms with van der Waals surface area (Å²) < 4.78 is 25.9. The van der Waals surface area contributed by atoms with E-state index in [4.69, 9.17) is 0 Å². The second kappa shape index (κ2) is 5.91. The second-order valence-electron chi connectivity index (χ2n) is 4.58. The number of piperidine rings is 1. The Balaban J connectivity index is 1.90. The van der Waals surface area contributed by atoms with Gasteiger partial charge >= 0.3 is 0 Å². The van der Waals surface area contributed by atoms with Gasteiger partial charge in [0, 0.05) is 18.2 Å². The van der Waals surface area contributed by atoms with Crippen molar-refractivity contribution >= 4 is 5.91 Å². The number of amides is 1. The number of hydrogen-bond acceptors (Lipinski definition) is 2. The lowest BCUT2D eigenvalue weighted by Gasteiger charge is -2.22. The zero-order valence-electron chi connectivity index (χ0n) is 10.0. The van der Waals surface area contributed by atoms with Crippen LogP contribution >= 0.6 is 0 Å². The van der Waals surface area contributed by atoms with Crippen LogP contribution in [0.4, 0.5) is 8.78 Å². The van der Waals surface area contributed by atoms with E-state index in [1.165, 1.54) is 0 Å². The molecule has 1 aromatic carbocycles. The summed E-state index contributed by atoms with van der Waals surface area (Å²) >= 11 is 0. The molecule has 2 rings (SSSR count). The van der Waals surface area contributed by atoms with E-state index >= 15 is 0 Å². The van der Waals surface area contributed by atoms with Gasteiger partial charge in [-0.15, -0.1) is 0 Å². The molecule has 5 heteroatoms. The van der Waals surface area contributed by atoms with E-state index in [-0.39, 0.29) is 5.56 Å². The smallest absolute Gasteiger partial charge is 0.251 e. The highest BCUT2D eigenvalue weighted by molar-refractivity contribution is 5.94. The van der Waals surface area contributed by atoms with Gasteiger partial charge in [-0.1, -0.05) is 0 Å². The van der Waals surface area contributed by atoms with E-state index in [1.54, 1.807) is 0 Å². The number of rotatable bonds is 3. The minimum Gasteiger partial charge on any atom is -0.352 e. The maximum absolute atomic E-state index is 13.0. The van der Waals surface area contributed by atoms with Crippen LogP contribution in [0, 0.1) is 17.6 Å². The third kappa shape index (κ3) is 3.50. The molecule has 1 amide bonds. The molecule has 0 aromatic heterocycles. The van der Waals surface area contributed by atoms with Crippen molar-refractivity contribution in [3.05, 3.63) is 35.4 Å². The molecule has 3 nitrogen and oxygen atoms in total. The van der Waals surface area contributed by atoms with Crippen molar-refractivity contribution in [1.82, 2.24) is 10.6 Å². The predicted octanol–water partition coefficient (Wildman–Crippen LogP) is 1.69. The average Bonchev–Trinajstić information content (AvgIpc) is 2.36. The summed E-state index contributed by atoms with van der Waals surface area (Å²) in [6.45, 7) is 2.42. The van der Waals surface area contributed by atoms with Crippen LogP contribution in [0.15, 0.2) is 18.2 Å². The fourth-order valence-electron chi connectivity index (χ4n) is 2.12. The van der Waals surface area contributed by atoms with Crippen molar-refractivity contribution < 1.29 is 13.6 Å². The number of benzene rings is 1. The zero-order chi connectivity index (χ0) is 13.0. The SMILES string of the molecule is O=C(NCC1CCCNC1)c1cc(F)cc(F)c1. The Hall–Kier alpha value is -1.49. The minimum absolute atomic E-state index is 0.0243. The van der Waals surface area contributed by atoms with Crippen LogP contribution in [0.5, 0.6) is 0 Å². The summed E-state index contributed by atoms with van der Waals surface area (Å²) in [4.78, 5) is 11.7. The Labute approximate surface area is 105 Å². The average molecular weight is 254 g/mol. The Kier molecular flexibility index (Phi) is 4.25. The Bertz CT molecular complexity index is 411. The van der Waals surface area contributed by atoms with Crippen LogP contribution in [0.25, 0.3) is 0 Å². The summed E-state index contributed by atoms with van der Waals surface area (Å²) in [7, 11) is 0. The molecule has 0 radical (unpaired) electrons. The van der Waals surface area contributed by atoms with E-state index in [0.29, 0.717) is 12.5 Å². The first kappa shape index (κ1) is 13.0. The van der Waals surface area contributed by atoms with Crippen molar-refractivity contribution in [3.63, 3.8) is 0 Å². The van der Waals surface area contributed by atoms with E-state index in [0.717, 1.165) is 44.1 Å². The maximum atomic E-state index is 13.0. The van der Waals surface area contributed by atoms with Crippen LogP contribution < -0.4 is 10.6 Å². The molecular formula is C13H16F2N2O. The van der Waals surface area contributed by atoms with E-state index < -0.39 is 17.5 Å². The summed E-state index contributed by atoms with van der Waals surface area (Å²) in [6.07, 6.45) is 2.15. The highest BCUT2D eigenvalue weighted by atomic mass is 19.1. The molecule has 0 spiro atoms. The molecule has 0 aliphatic carbocycles. The zero-order valence-corrected chi connectivity index (χ0v) is 10.0. The molecule has 1 atom stereocenters. The van der Waals surface area contributed by atoms with Crippen molar-refractivity contribution in [2.45, 2.75) is 12.8 Å². The predicted molar refractivity (Wildman–Crippen MR) is 64.3 cm³/mol. The van der Waals surface area contributed by atoms with Crippen LogP contribution in [0.2, 0.25) is 0 Å². The van der Waals surface area contributed by atoms with Gasteiger partial charge in [0.2, 0.25) is 0 Å². The first-order chi connectivity index (χ1) is 8.65. The van der Waals surface area contributed by atoms with E-state index in [2.05, 4.69) is 10.6 Å². The number of nitrogens with one attached hydrogen (secondary N) is 2. The van der Waals surface area contributed by atoms with Gasteiger partial charge in [-0.3, -0.25) is 4.79 Å². The van der Waals surface area contributed by atoms with Gasteiger partial charge in [0.15, 0.2) is 0 Å². The lowest BCUT2D eigenvalue weighted by atomic mass is 9.99. The topological polar surface area (TPSA) is 41.1 Å². The Morgan fingerprint density at radius 1 is 1.33 bits per heavy atom. The van der Waals surface area contributed by atoms with Gasteiger partial charge in [0.05, 0.1) is 0 Å². The third-order valence-corrected chi connectivity index (χ3v) is 3.07. The van der Waals surface area contributed by atoms with Crippen molar-refractivity contribution in [3.8, 4) is 0 Å². The quantitative estimate of drug-likeness (QED) is 0.862. The summed E-state index contributed by atoms with van der Waals surface area (Å²) in [5, 5.41) is 5.96. The van der Waals surface area contributed by atoms with Gasteiger partial charge in [0.25, 0.3) is 5.91 Å². The van der Waals surface area contributed by atoms with Gasteiger partial charge in [-0.2, -0.15) is 0 Å². The normalized spacial score (nSPS) is 19.6. The molecule has 2 N–H and O–H groups in total. The molecule has 98 valence electrons. The van der Waals surface area contributed by atoms with E-state index in [9.17, 15) is 13.6 Å². The molecule has 1 heterocycles. The second-order valence-corrected chi connectivity index (χ2v) is 4.58. The Morgan fingerprint density at radius 2 is 2.06 bits per heavy atom. The van der Waals surface area contributed by atoms with Crippen LogP contribution in [0.1, 0.15) is 23.2 Å². The van der Waals surface area contributed by atoms with Crippen molar-refractivity contribution in [1.29, 1.82) is 0 Å². The monoisotopic (exact) mass is 254 g/mol. The van der Waals surface area contributed by atoms with Gasteiger partial charge in [0.1, 0.15) is 11.6 Å². The molecule has 1 fully saturated rings. The largest absolute Gasteiger partial charge is 0.352 e. The van der Waals surface area contributed by atoms with Crippen LogP contribution in [0.3, 0.4) is 0 Å². The van der Waals surface area contributed by atoms with Gasteiger partial charge in [-0.05, 0) is 44.0 Å². The lowest BCUT2D eigenvalue weighted by Crippen LogP contribution is -2.38. The van der Waals surface area contributed by atoms with Gasteiger partial charge < -0.3 is 10.6 Å². The summed E-state index contributed by atoms with van der Waals surface area (Å²) in [5.74, 6) is -1.51. The fraction of sp³-hybridized carbons (Fsp3) is 0.462. The first-order valence-corrected chi connectivity index (χ1v) is 6.10. The van der Waals surface area contributed by atoms with E-state index in [1.807, 2.05) is 0 Å². The molecule has 1 aromatic rings. The number of carbonyl (C=O) groups is 1. The minimum atomic E-state index is -0.737. The molecule has 1 unspecified atom stereocenters. The van der Waals surface area contributed by atoms with Crippen LogP contribution in [-0.2, 0) is 0 Å². The standard InChI is InChI=1S/C13H16F2N2O/c14-11-4-10(5-12(15)6-11)13(18)17-8-9-2-1-3-16-7-9/h4-6,9,16H,1-3,7-8H2,(H,17,18). The Morgan fingerprint density at radius 3 is 2.67 bits per heavy atom. The maximum Gasteiger partial charge on any atom is 0.251 e. The third-order valence-electron chi connectivity index (χ3n) is 3.07. The number of hydrogen-bond donors (Lipinski definition) is 2. The molecule has 0 bridgehead atoms. The summed E-state index contributed by atoms with van der Waals surface area (Å²) in [5.41, 5.74) is 0.0243. The molecular weight excluding hydrogens is 238 g/mol. The summed E-state index contributed by atoms with van der Waals surface area (Å²) in [6, 6.07) is 2.83. The van der Waals surface area contributed by atoms with Crippen LogP contribution in [-0.4, -0.2) is 25.5 Å². The highest BCUT2D eigenvalue weighted by Crippen LogP contribution is 2.10. The molecule has 1 aliphatic heterocycles. The highest BCUT2D eigenvalue weighted by Gasteiger charge is 2.15.